The molecular formula is C14H23NO2. The van der Waals surface area contributed by atoms with Crippen LogP contribution in [0.5, 0.6) is 0 Å². The van der Waals surface area contributed by atoms with E-state index in [-0.39, 0.29) is 11.1 Å². The molecule has 3 aliphatic rings. The number of rotatable bonds is 2. The van der Waals surface area contributed by atoms with Crippen molar-refractivity contribution in [2.24, 2.45) is 10.9 Å². The van der Waals surface area contributed by atoms with Gasteiger partial charge in [-0.25, -0.2) is 4.99 Å². The van der Waals surface area contributed by atoms with Crippen LogP contribution >= 0.6 is 0 Å². The van der Waals surface area contributed by atoms with Crippen molar-refractivity contribution in [2.45, 2.75) is 70.1 Å². The summed E-state index contributed by atoms with van der Waals surface area (Å²) in [5.41, 5.74) is -0.281. The summed E-state index contributed by atoms with van der Waals surface area (Å²) in [4.78, 5) is 4.67. The number of hydrogen-bond acceptors (Lipinski definition) is 3. The van der Waals surface area contributed by atoms with E-state index in [1.807, 2.05) is 0 Å². The van der Waals surface area contributed by atoms with E-state index in [1.54, 1.807) is 0 Å². The molecule has 0 N–H and O–H groups in total. The molecule has 3 rings (SSSR count). The van der Waals surface area contributed by atoms with E-state index >= 15 is 0 Å². The zero-order valence-electron chi connectivity index (χ0n) is 11.2. The first kappa shape index (κ1) is 11.5. The Kier molecular flexibility index (Phi) is 2.51. The molecule has 17 heavy (non-hydrogen) atoms. The monoisotopic (exact) mass is 237 g/mol. The van der Waals surface area contributed by atoms with Gasteiger partial charge in [-0.15, -0.1) is 0 Å². The highest BCUT2D eigenvalue weighted by Gasteiger charge is 2.62. The molecule has 3 nitrogen and oxygen atoms in total. The van der Waals surface area contributed by atoms with Crippen LogP contribution in [0.15, 0.2) is 4.99 Å². The molecule has 0 aromatic rings. The predicted molar refractivity (Wildman–Crippen MR) is 67.3 cm³/mol. The Labute approximate surface area is 104 Å². The van der Waals surface area contributed by atoms with Crippen molar-refractivity contribution in [1.82, 2.24) is 0 Å². The highest BCUT2D eigenvalue weighted by molar-refractivity contribution is 5.89. The minimum absolute atomic E-state index is 0.0680. The Morgan fingerprint density at radius 3 is 2.41 bits per heavy atom. The lowest BCUT2D eigenvalue weighted by Gasteiger charge is -2.20. The van der Waals surface area contributed by atoms with Crippen LogP contribution < -0.4 is 0 Å². The summed E-state index contributed by atoms with van der Waals surface area (Å²) in [7, 11) is 0. The molecule has 0 radical (unpaired) electrons. The largest absolute Gasteiger partial charge is 0.476 e. The molecule has 2 aliphatic heterocycles. The molecule has 3 heteroatoms. The van der Waals surface area contributed by atoms with Crippen LogP contribution in [0.2, 0.25) is 0 Å². The lowest BCUT2D eigenvalue weighted by atomic mass is 9.83. The summed E-state index contributed by atoms with van der Waals surface area (Å²) in [5, 5.41) is 0. The van der Waals surface area contributed by atoms with E-state index in [9.17, 15) is 0 Å². The van der Waals surface area contributed by atoms with E-state index in [0.717, 1.165) is 11.8 Å². The Balaban J connectivity index is 1.69. The zero-order chi connectivity index (χ0) is 12.1. The smallest absolute Gasteiger partial charge is 0.219 e. The first-order valence-electron chi connectivity index (χ1n) is 6.92. The quantitative estimate of drug-likeness (QED) is 0.692. The second-order valence-electron chi connectivity index (χ2n) is 6.56. The third kappa shape index (κ3) is 1.99. The van der Waals surface area contributed by atoms with Crippen LogP contribution in [0.1, 0.15) is 52.9 Å². The van der Waals surface area contributed by atoms with Crippen LogP contribution in [0.4, 0.5) is 0 Å². The molecule has 2 heterocycles. The molecule has 1 saturated heterocycles. The minimum Gasteiger partial charge on any atom is -0.476 e. The summed E-state index contributed by atoms with van der Waals surface area (Å²) in [6, 6.07) is 0. The molecule has 2 fully saturated rings. The normalized spacial score (nSPS) is 40.9. The van der Waals surface area contributed by atoms with Gasteiger partial charge in [0.05, 0.1) is 11.6 Å². The molecular weight excluding hydrogens is 214 g/mol. The molecule has 0 aromatic carbocycles. The van der Waals surface area contributed by atoms with Crippen molar-refractivity contribution >= 4 is 5.90 Å². The third-order valence-corrected chi connectivity index (χ3v) is 4.33. The average molecular weight is 237 g/mol. The number of aliphatic imine (C=N–C) groups is 1. The van der Waals surface area contributed by atoms with Crippen molar-refractivity contribution in [3.8, 4) is 0 Å². The van der Waals surface area contributed by atoms with Crippen molar-refractivity contribution in [3.05, 3.63) is 0 Å². The first-order valence-corrected chi connectivity index (χ1v) is 6.92. The lowest BCUT2D eigenvalue weighted by Crippen LogP contribution is -2.28. The first-order chi connectivity index (χ1) is 8.01. The van der Waals surface area contributed by atoms with Gasteiger partial charge in [0.2, 0.25) is 5.90 Å². The van der Waals surface area contributed by atoms with E-state index in [4.69, 9.17) is 9.47 Å². The number of ether oxygens (including phenoxy) is 2. The average Bonchev–Trinajstić information content (AvgIpc) is 2.86. The van der Waals surface area contributed by atoms with Crippen molar-refractivity contribution in [1.29, 1.82) is 0 Å². The minimum atomic E-state index is -0.213. The standard InChI is InChI=1S/C14H23NO2/c1-13(2)9-16-12(15-13)14(3)11(17-14)10-7-5-4-6-8-10/h10-11H,4-9H2,1-3H3/t11-,14+/m0/s1. The van der Waals surface area contributed by atoms with E-state index in [1.165, 1.54) is 32.1 Å². The highest BCUT2D eigenvalue weighted by Crippen LogP contribution is 2.48. The van der Waals surface area contributed by atoms with Crippen LogP contribution in [-0.4, -0.2) is 29.7 Å². The summed E-state index contributed by atoms with van der Waals surface area (Å²) in [5.74, 6) is 1.57. The van der Waals surface area contributed by atoms with Gasteiger partial charge < -0.3 is 9.47 Å². The molecule has 0 bridgehead atoms. The van der Waals surface area contributed by atoms with E-state index in [0.29, 0.717) is 12.7 Å². The van der Waals surface area contributed by atoms with Crippen molar-refractivity contribution in [3.63, 3.8) is 0 Å². The molecule has 0 spiro atoms. The van der Waals surface area contributed by atoms with E-state index in [2.05, 4.69) is 25.8 Å². The maximum atomic E-state index is 5.97. The predicted octanol–water partition coefficient (Wildman–Crippen LogP) is 2.93. The molecule has 2 atom stereocenters. The van der Waals surface area contributed by atoms with Gasteiger partial charge in [0.1, 0.15) is 6.61 Å². The van der Waals surface area contributed by atoms with Gasteiger partial charge >= 0.3 is 0 Å². The van der Waals surface area contributed by atoms with Crippen LogP contribution in [0, 0.1) is 5.92 Å². The Morgan fingerprint density at radius 1 is 1.12 bits per heavy atom. The van der Waals surface area contributed by atoms with E-state index < -0.39 is 0 Å². The molecule has 0 aromatic heterocycles. The van der Waals surface area contributed by atoms with Gasteiger partial charge in [0.25, 0.3) is 0 Å². The number of hydrogen-bond donors (Lipinski definition) is 0. The van der Waals surface area contributed by atoms with Crippen molar-refractivity contribution in [2.75, 3.05) is 6.61 Å². The molecule has 0 amide bonds. The fourth-order valence-corrected chi connectivity index (χ4v) is 3.22. The number of epoxide rings is 1. The van der Waals surface area contributed by atoms with Gasteiger partial charge in [-0.3, -0.25) is 0 Å². The second-order valence-corrected chi connectivity index (χ2v) is 6.56. The van der Waals surface area contributed by atoms with Crippen LogP contribution in [0.3, 0.4) is 0 Å². The molecule has 0 unspecified atom stereocenters. The van der Waals surface area contributed by atoms with Gasteiger partial charge in [0, 0.05) is 0 Å². The van der Waals surface area contributed by atoms with Crippen LogP contribution in [0.25, 0.3) is 0 Å². The van der Waals surface area contributed by atoms with Gasteiger partial charge in [-0.1, -0.05) is 19.3 Å². The fraction of sp³-hybridized carbons (Fsp3) is 0.929. The Bertz CT molecular complexity index is 344. The van der Waals surface area contributed by atoms with Crippen LogP contribution in [-0.2, 0) is 9.47 Å². The summed E-state index contributed by atoms with van der Waals surface area (Å²) < 4.78 is 11.7. The van der Waals surface area contributed by atoms with Gasteiger partial charge in [-0.05, 0) is 39.5 Å². The third-order valence-electron chi connectivity index (χ3n) is 4.33. The van der Waals surface area contributed by atoms with Crippen molar-refractivity contribution < 1.29 is 9.47 Å². The number of nitrogens with zero attached hydrogens (tertiary/aromatic N) is 1. The summed E-state index contributed by atoms with van der Waals surface area (Å²) in [6.45, 7) is 7.06. The lowest BCUT2D eigenvalue weighted by molar-refractivity contribution is 0.241. The molecule has 96 valence electrons. The van der Waals surface area contributed by atoms with Gasteiger partial charge in [0.15, 0.2) is 5.60 Å². The maximum Gasteiger partial charge on any atom is 0.219 e. The summed E-state index contributed by atoms with van der Waals surface area (Å²) >= 11 is 0. The SMILES string of the molecule is CC1(C)COC([C@]2(C)O[C@H]2C2CCCCC2)=N1. The Hall–Kier alpha value is -0.570. The molecule has 1 saturated carbocycles. The maximum absolute atomic E-state index is 5.97. The zero-order valence-corrected chi connectivity index (χ0v) is 11.2. The molecule has 1 aliphatic carbocycles. The Morgan fingerprint density at radius 2 is 1.82 bits per heavy atom. The van der Waals surface area contributed by atoms with Gasteiger partial charge in [-0.2, -0.15) is 0 Å². The second kappa shape index (κ2) is 3.71. The fourth-order valence-electron chi connectivity index (χ4n) is 3.22. The summed E-state index contributed by atoms with van der Waals surface area (Å²) in [6.07, 6.45) is 7.10. The highest BCUT2D eigenvalue weighted by atomic mass is 16.6. The topological polar surface area (TPSA) is 34.1 Å².